The van der Waals surface area contributed by atoms with E-state index in [1.165, 1.54) is 238 Å². The quantitative estimate of drug-likeness (QED) is 0.0343. The fraction of sp³-hybridized carbons (Fsp3) is 0.952. The van der Waals surface area contributed by atoms with Gasteiger partial charge in [0.25, 0.3) is 0 Å². The summed E-state index contributed by atoms with van der Waals surface area (Å²) in [6.07, 6.45) is 59.5. The van der Waals surface area contributed by atoms with Crippen LogP contribution in [0.15, 0.2) is 0 Å². The largest absolute Gasteiger partial charge is 0.462 e. The number of hydrogen-bond donors (Lipinski definition) is 0. The van der Waals surface area contributed by atoms with Gasteiger partial charge in [-0.2, -0.15) is 0 Å². The Bertz CT molecular complexity index is 1040. The first-order valence-electron chi connectivity index (χ1n) is 30.8. The smallest absolute Gasteiger partial charge is 0.306 e. The normalized spacial score (nSPS) is 12.4. The Kier molecular flexibility index (Phi) is 53.5. The van der Waals surface area contributed by atoms with Gasteiger partial charge in [0, 0.05) is 19.3 Å². The van der Waals surface area contributed by atoms with Crippen LogP contribution in [0.4, 0.5) is 0 Å². The highest BCUT2D eigenvalue weighted by Crippen LogP contribution is 2.19. The molecule has 0 amide bonds. The van der Waals surface area contributed by atoms with E-state index in [9.17, 15) is 14.4 Å². The summed E-state index contributed by atoms with van der Waals surface area (Å²) in [5.41, 5.74) is 0. The lowest BCUT2D eigenvalue weighted by Crippen LogP contribution is -2.30. The van der Waals surface area contributed by atoms with E-state index in [4.69, 9.17) is 14.2 Å². The molecule has 0 aliphatic rings. The summed E-state index contributed by atoms with van der Waals surface area (Å²) in [4.78, 5) is 38.2. The zero-order valence-corrected chi connectivity index (χ0v) is 46.7. The number of hydrogen-bond acceptors (Lipinski definition) is 6. The van der Waals surface area contributed by atoms with Crippen LogP contribution in [0.2, 0.25) is 0 Å². The Hall–Kier alpha value is -1.59. The minimum atomic E-state index is -0.762. The number of carbonyl (C=O) groups is 3. The minimum absolute atomic E-state index is 0.0622. The lowest BCUT2D eigenvalue weighted by atomic mass is 9.99. The van der Waals surface area contributed by atoms with Crippen molar-refractivity contribution in [2.24, 2.45) is 11.8 Å². The summed E-state index contributed by atoms with van der Waals surface area (Å²) < 4.78 is 16.9. The zero-order chi connectivity index (χ0) is 49.6. The van der Waals surface area contributed by atoms with Crippen molar-refractivity contribution in [2.75, 3.05) is 13.2 Å². The first kappa shape index (κ1) is 66.4. The molecule has 1 unspecified atom stereocenters. The molecule has 0 saturated heterocycles. The lowest BCUT2D eigenvalue weighted by molar-refractivity contribution is -0.167. The molecule has 0 aromatic heterocycles. The van der Waals surface area contributed by atoms with Gasteiger partial charge in [-0.25, -0.2) is 0 Å². The van der Waals surface area contributed by atoms with Gasteiger partial charge in [0.05, 0.1) is 0 Å². The summed E-state index contributed by atoms with van der Waals surface area (Å²) in [7, 11) is 0. The fourth-order valence-corrected chi connectivity index (χ4v) is 9.55. The predicted octanol–water partition coefficient (Wildman–Crippen LogP) is 20.4. The molecule has 0 rings (SSSR count). The molecule has 0 N–H and O–H groups in total. The summed E-state index contributed by atoms with van der Waals surface area (Å²) >= 11 is 0. The summed E-state index contributed by atoms with van der Waals surface area (Å²) in [5, 5.41) is 0. The first-order valence-corrected chi connectivity index (χ1v) is 30.8. The zero-order valence-electron chi connectivity index (χ0n) is 46.7. The number of unbranched alkanes of at least 4 members (excludes halogenated alkanes) is 40. The monoisotopic (exact) mass is 961 g/mol. The van der Waals surface area contributed by atoms with Crippen molar-refractivity contribution in [3.63, 3.8) is 0 Å². The molecule has 6 heteroatoms. The van der Waals surface area contributed by atoms with E-state index in [0.717, 1.165) is 69.6 Å². The van der Waals surface area contributed by atoms with Crippen LogP contribution in [-0.2, 0) is 28.6 Å². The minimum Gasteiger partial charge on any atom is -0.462 e. The van der Waals surface area contributed by atoms with E-state index in [1.807, 2.05) is 0 Å². The average molecular weight is 962 g/mol. The van der Waals surface area contributed by atoms with Crippen LogP contribution >= 0.6 is 0 Å². The molecule has 68 heavy (non-hydrogen) atoms. The molecule has 0 aromatic carbocycles. The molecule has 0 bridgehead atoms. The molecule has 2 atom stereocenters. The second-order valence-electron chi connectivity index (χ2n) is 22.1. The van der Waals surface area contributed by atoms with Crippen LogP contribution in [0.25, 0.3) is 0 Å². The van der Waals surface area contributed by atoms with E-state index < -0.39 is 6.10 Å². The highest BCUT2D eigenvalue weighted by molar-refractivity contribution is 5.71. The highest BCUT2D eigenvalue weighted by atomic mass is 16.6. The third-order valence-corrected chi connectivity index (χ3v) is 14.6. The maximum atomic E-state index is 12.9. The molecule has 0 aliphatic heterocycles. The van der Waals surface area contributed by atoms with Gasteiger partial charge >= 0.3 is 17.9 Å². The third-order valence-electron chi connectivity index (χ3n) is 14.6. The number of carbonyl (C=O) groups excluding carboxylic acids is 3. The SMILES string of the molecule is CCCCCCCCCCCCCC(=O)OC[C@@H](COC(=O)CCCCCCCCCCCCCCCCC(C)C)OC(=O)CCCCCCCCCCCCCCCCCCCCC(C)CC. The van der Waals surface area contributed by atoms with Crippen molar-refractivity contribution < 1.29 is 28.6 Å². The number of ether oxygens (including phenoxy) is 3. The standard InChI is InChI=1S/C62H120O6/c1-6-8-9-10-11-12-25-32-37-42-47-52-60(63)66-55-59(56-67-61(64)53-48-43-38-33-28-23-20-19-21-26-30-35-40-45-50-57(3)4)68-62(65)54-49-44-39-34-29-24-18-16-14-13-15-17-22-27-31-36-41-46-51-58(5)7-2/h57-59H,6-56H2,1-5H3/t58?,59-/m0/s1. The van der Waals surface area contributed by atoms with Crippen LogP contribution in [-0.4, -0.2) is 37.2 Å². The Morgan fingerprint density at radius 2 is 0.559 bits per heavy atom. The van der Waals surface area contributed by atoms with Crippen LogP contribution in [0.3, 0.4) is 0 Å². The van der Waals surface area contributed by atoms with Crippen LogP contribution in [0.1, 0.15) is 349 Å². The Balaban J connectivity index is 4.22. The van der Waals surface area contributed by atoms with E-state index in [2.05, 4.69) is 34.6 Å². The van der Waals surface area contributed by atoms with E-state index in [1.54, 1.807) is 0 Å². The molecule has 6 nitrogen and oxygen atoms in total. The maximum Gasteiger partial charge on any atom is 0.306 e. The Morgan fingerprint density at radius 3 is 0.838 bits per heavy atom. The van der Waals surface area contributed by atoms with Crippen LogP contribution < -0.4 is 0 Å². The van der Waals surface area contributed by atoms with Crippen molar-refractivity contribution in [3.8, 4) is 0 Å². The van der Waals surface area contributed by atoms with Gasteiger partial charge in [0.2, 0.25) is 0 Å². The maximum absolute atomic E-state index is 12.9. The lowest BCUT2D eigenvalue weighted by Gasteiger charge is -2.18. The second-order valence-corrected chi connectivity index (χ2v) is 22.1. The molecule has 0 fully saturated rings. The topological polar surface area (TPSA) is 78.9 Å². The van der Waals surface area contributed by atoms with Crippen molar-refractivity contribution in [3.05, 3.63) is 0 Å². The van der Waals surface area contributed by atoms with Crippen LogP contribution in [0.5, 0.6) is 0 Å². The molecule has 0 saturated carbocycles. The van der Waals surface area contributed by atoms with Gasteiger partial charge in [0.15, 0.2) is 6.10 Å². The van der Waals surface area contributed by atoms with Gasteiger partial charge in [-0.1, -0.05) is 311 Å². The molecule has 0 aliphatic carbocycles. The first-order chi connectivity index (χ1) is 33.3. The summed E-state index contributed by atoms with van der Waals surface area (Å²) in [5.74, 6) is 0.918. The summed E-state index contributed by atoms with van der Waals surface area (Å²) in [6, 6.07) is 0. The molecular weight excluding hydrogens is 841 g/mol. The van der Waals surface area contributed by atoms with Crippen molar-refractivity contribution >= 4 is 17.9 Å². The van der Waals surface area contributed by atoms with Gasteiger partial charge in [-0.3, -0.25) is 14.4 Å². The molecule has 0 heterocycles. The van der Waals surface area contributed by atoms with E-state index in [-0.39, 0.29) is 31.1 Å². The Labute approximate surface area is 425 Å². The predicted molar refractivity (Wildman–Crippen MR) is 293 cm³/mol. The van der Waals surface area contributed by atoms with Gasteiger partial charge in [-0.15, -0.1) is 0 Å². The summed E-state index contributed by atoms with van der Waals surface area (Å²) in [6.45, 7) is 11.5. The number of rotatable bonds is 56. The third kappa shape index (κ3) is 53.8. The molecule has 0 radical (unpaired) electrons. The highest BCUT2D eigenvalue weighted by Gasteiger charge is 2.19. The Morgan fingerprint density at radius 1 is 0.309 bits per heavy atom. The van der Waals surface area contributed by atoms with Gasteiger partial charge < -0.3 is 14.2 Å². The molecule has 0 aromatic rings. The van der Waals surface area contributed by atoms with E-state index >= 15 is 0 Å². The fourth-order valence-electron chi connectivity index (χ4n) is 9.55. The molecular formula is C62H120O6. The van der Waals surface area contributed by atoms with Crippen LogP contribution in [0, 0.1) is 11.8 Å². The molecule has 404 valence electrons. The average Bonchev–Trinajstić information content (AvgIpc) is 3.32. The van der Waals surface area contributed by atoms with Crippen molar-refractivity contribution in [2.45, 2.75) is 355 Å². The van der Waals surface area contributed by atoms with Crippen molar-refractivity contribution in [1.82, 2.24) is 0 Å². The van der Waals surface area contributed by atoms with Gasteiger partial charge in [0.1, 0.15) is 13.2 Å². The van der Waals surface area contributed by atoms with Crippen molar-refractivity contribution in [1.29, 1.82) is 0 Å². The van der Waals surface area contributed by atoms with E-state index in [0.29, 0.717) is 19.3 Å². The second kappa shape index (κ2) is 54.7. The molecule has 0 spiro atoms. The number of esters is 3. The van der Waals surface area contributed by atoms with Gasteiger partial charge in [-0.05, 0) is 31.1 Å².